The van der Waals surface area contributed by atoms with Crippen molar-refractivity contribution in [2.24, 2.45) is 0 Å². The van der Waals surface area contributed by atoms with Gasteiger partial charge < -0.3 is 9.47 Å². The highest BCUT2D eigenvalue weighted by Gasteiger charge is 2.20. The zero-order valence-electron chi connectivity index (χ0n) is 8.29. The third-order valence-electron chi connectivity index (χ3n) is 2.49. The molecule has 3 heteroatoms. The molecule has 0 unspecified atom stereocenters. The number of rotatable bonds is 1. The first kappa shape index (κ1) is 9.06. The first-order valence-electron chi connectivity index (χ1n) is 4.53. The number of methoxy groups -OCH3 is 1. The van der Waals surface area contributed by atoms with Gasteiger partial charge in [0.1, 0.15) is 18.1 Å². The van der Waals surface area contributed by atoms with Crippen LogP contribution in [0, 0.1) is 6.92 Å². The standard InChI is InChI=1S/C11H12O3/c1-7-9-5-8(12)6-14-11(9)4-3-10(7)13-2/h3-4H,5-6H2,1-2H3. The van der Waals surface area contributed by atoms with Crippen LogP contribution in [0.5, 0.6) is 11.5 Å². The topological polar surface area (TPSA) is 35.5 Å². The molecular weight excluding hydrogens is 180 g/mol. The lowest BCUT2D eigenvalue weighted by atomic mass is 9.99. The Bertz CT molecular complexity index is 382. The van der Waals surface area contributed by atoms with E-state index >= 15 is 0 Å². The molecule has 0 bridgehead atoms. The van der Waals surface area contributed by atoms with E-state index < -0.39 is 0 Å². The lowest BCUT2D eigenvalue weighted by molar-refractivity contribution is -0.121. The Morgan fingerprint density at radius 3 is 2.93 bits per heavy atom. The van der Waals surface area contributed by atoms with Crippen LogP contribution in [0.2, 0.25) is 0 Å². The van der Waals surface area contributed by atoms with Crippen LogP contribution in [0.25, 0.3) is 0 Å². The minimum atomic E-state index is 0.119. The molecule has 14 heavy (non-hydrogen) atoms. The zero-order valence-corrected chi connectivity index (χ0v) is 8.29. The van der Waals surface area contributed by atoms with Gasteiger partial charge in [-0.3, -0.25) is 4.79 Å². The molecule has 1 aliphatic rings. The second kappa shape index (κ2) is 3.33. The van der Waals surface area contributed by atoms with Gasteiger partial charge in [0.25, 0.3) is 0 Å². The van der Waals surface area contributed by atoms with Crippen molar-refractivity contribution in [3.63, 3.8) is 0 Å². The molecule has 0 aromatic heterocycles. The molecule has 0 saturated heterocycles. The third kappa shape index (κ3) is 1.35. The minimum Gasteiger partial charge on any atom is -0.496 e. The van der Waals surface area contributed by atoms with Gasteiger partial charge in [0.2, 0.25) is 0 Å². The number of Topliss-reactive ketones (excluding diaryl/α,β-unsaturated/α-hetero) is 1. The fourth-order valence-electron chi connectivity index (χ4n) is 1.69. The highest BCUT2D eigenvalue weighted by Crippen LogP contribution is 2.32. The predicted octanol–water partition coefficient (Wildman–Crippen LogP) is 1.51. The van der Waals surface area contributed by atoms with Crippen LogP contribution in [0.1, 0.15) is 11.1 Å². The number of ether oxygens (including phenoxy) is 2. The minimum absolute atomic E-state index is 0.119. The van der Waals surface area contributed by atoms with Crippen LogP contribution in [0.3, 0.4) is 0 Å². The van der Waals surface area contributed by atoms with Gasteiger partial charge in [-0.05, 0) is 24.6 Å². The zero-order chi connectivity index (χ0) is 10.1. The second-order valence-electron chi connectivity index (χ2n) is 3.37. The van der Waals surface area contributed by atoms with Gasteiger partial charge in [0.15, 0.2) is 5.78 Å². The van der Waals surface area contributed by atoms with Gasteiger partial charge in [-0.15, -0.1) is 0 Å². The van der Waals surface area contributed by atoms with E-state index in [9.17, 15) is 4.79 Å². The Hall–Kier alpha value is -1.51. The summed E-state index contributed by atoms with van der Waals surface area (Å²) < 4.78 is 10.5. The van der Waals surface area contributed by atoms with Crippen LogP contribution in [-0.4, -0.2) is 19.5 Å². The number of ketones is 1. The Morgan fingerprint density at radius 1 is 1.43 bits per heavy atom. The van der Waals surface area contributed by atoms with Crippen LogP contribution in [0.4, 0.5) is 0 Å². The van der Waals surface area contributed by atoms with E-state index in [0.29, 0.717) is 6.42 Å². The molecule has 0 saturated carbocycles. The maximum atomic E-state index is 11.2. The highest BCUT2D eigenvalue weighted by molar-refractivity contribution is 5.85. The molecule has 0 fully saturated rings. The number of hydrogen-bond acceptors (Lipinski definition) is 3. The average molecular weight is 192 g/mol. The molecule has 0 spiro atoms. The van der Waals surface area contributed by atoms with E-state index in [-0.39, 0.29) is 12.4 Å². The van der Waals surface area contributed by atoms with Gasteiger partial charge in [-0.2, -0.15) is 0 Å². The van der Waals surface area contributed by atoms with Crippen molar-refractivity contribution < 1.29 is 14.3 Å². The van der Waals surface area contributed by atoms with Crippen LogP contribution >= 0.6 is 0 Å². The number of fused-ring (bicyclic) bond motifs is 1. The van der Waals surface area contributed by atoms with Crippen molar-refractivity contribution >= 4 is 5.78 Å². The summed E-state index contributed by atoms with van der Waals surface area (Å²) >= 11 is 0. The van der Waals surface area contributed by atoms with Gasteiger partial charge in [0, 0.05) is 12.0 Å². The summed E-state index contributed by atoms with van der Waals surface area (Å²) in [5.74, 6) is 1.74. The van der Waals surface area contributed by atoms with Gasteiger partial charge in [-0.25, -0.2) is 0 Å². The first-order valence-corrected chi connectivity index (χ1v) is 4.53. The van der Waals surface area contributed by atoms with Crippen molar-refractivity contribution in [3.05, 3.63) is 23.3 Å². The number of carbonyl (C=O) groups is 1. The fourth-order valence-corrected chi connectivity index (χ4v) is 1.69. The summed E-state index contributed by atoms with van der Waals surface area (Å²) in [5, 5.41) is 0. The monoisotopic (exact) mass is 192 g/mol. The number of benzene rings is 1. The van der Waals surface area contributed by atoms with Crippen molar-refractivity contribution in [2.75, 3.05) is 13.7 Å². The average Bonchev–Trinajstić information content (AvgIpc) is 2.20. The van der Waals surface area contributed by atoms with E-state index in [1.54, 1.807) is 7.11 Å². The summed E-state index contributed by atoms with van der Waals surface area (Å²) in [6.07, 6.45) is 0.457. The maximum Gasteiger partial charge on any atom is 0.174 e. The molecular formula is C11H12O3. The summed E-state index contributed by atoms with van der Waals surface area (Å²) in [4.78, 5) is 11.2. The fraction of sp³-hybridized carbons (Fsp3) is 0.364. The smallest absolute Gasteiger partial charge is 0.174 e. The Kier molecular flexibility index (Phi) is 2.15. The SMILES string of the molecule is COc1ccc2c(c1C)CC(=O)CO2. The Labute approximate surface area is 82.6 Å². The molecule has 0 amide bonds. The third-order valence-corrected chi connectivity index (χ3v) is 2.49. The second-order valence-corrected chi connectivity index (χ2v) is 3.37. The lowest BCUT2D eigenvalue weighted by Gasteiger charge is -2.19. The molecule has 2 rings (SSSR count). The van der Waals surface area contributed by atoms with Crippen molar-refractivity contribution in [1.82, 2.24) is 0 Å². The Morgan fingerprint density at radius 2 is 2.21 bits per heavy atom. The largest absolute Gasteiger partial charge is 0.496 e. The molecule has 1 aromatic rings. The molecule has 3 nitrogen and oxygen atoms in total. The highest BCUT2D eigenvalue weighted by atomic mass is 16.5. The first-order chi connectivity index (χ1) is 6.72. The number of hydrogen-bond donors (Lipinski definition) is 0. The Balaban J connectivity index is 2.50. The molecule has 0 N–H and O–H groups in total. The summed E-state index contributed by atoms with van der Waals surface area (Å²) in [6, 6.07) is 3.72. The molecule has 0 aliphatic carbocycles. The lowest BCUT2D eigenvalue weighted by Crippen LogP contribution is -2.21. The van der Waals surface area contributed by atoms with Crippen molar-refractivity contribution in [3.8, 4) is 11.5 Å². The number of carbonyl (C=O) groups excluding carboxylic acids is 1. The normalized spacial score (nSPS) is 14.6. The van der Waals surface area contributed by atoms with E-state index in [0.717, 1.165) is 22.6 Å². The molecule has 74 valence electrons. The molecule has 1 heterocycles. The van der Waals surface area contributed by atoms with E-state index in [1.807, 2.05) is 19.1 Å². The van der Waals surface area contributed by atoms with Gasteiger partial charge >= 0.3 is 0 Å². The van der Waals surface area contributed by atoms with E-state index in [4.69, 9.17) is 9.47 Å². The predicted molar refractivity (Wildman–Crippen MR) is 51.9 cm³/mol. The van der Waals surface area contributed by atoms with E-state index in [2.05, 4.69) is 0 Å². The van der Waals surface area contributed by atoms with Crippen LogP contribution in [0.15, 0.2) is 12.1 Å². The molecule has 1 aromatic carbocycles. The van der Waals surface area contributed by atoms with Gasteiger partial charge in [-0.1, -0.05) is 0 Å². The quantitative estimate of drug-likeness (QED) is 0.676. The van der Waals surface area contributed by atoms with E-state index in [1.165, 1.54) is 0 Å². The summed E-state index contributed by atoms with van der Waals surface area (Å²) in [5.41, 5.74) is 1.96. The van der Waals surface area contributed by atoms with Crippen molar-refractivity contribution in [2.45, 2.75) is 13.3 Å². The molecule has 0 atom stereocenters. The van der Waals surface area contributed by atoms with Crippen molar-refractivity contribution in [1.29, 1.82) is 0 Å². The molecule has 1 aliphatic heterocycles. The van der Waals surface area contributed by atoms with Crippen LogP contribution in [-0.2, 0) is 11.2 Å². The summed E-state index contributed by atoms with van der Waals surface area (Å²) in [7, 11) is 1.63. The maximum absolute atomic E-state index is 11.2. The van der Waals surface area contributed by atoms with Gasteiger partial charge in [0.05, 0.1) is 7.11 Å². The molecule has 0 radical (unpaired) electrons. The van der Waals surface area contributed by atoms with Crippen LogP contribution < -0.4 is 9.47 Å². The summed E-state index contributed by atoms with van der Waals surface area (Å²) in [6.45, 7) is 2.14.